The summed E-state index contributed by atoms with van der Waals surface area (Å²) in [5.41, 5.74) is 1.59. The number of esters is 2. The number of nitrogens with zero attached hydrogens (tertiary/aromatic N) is 1. The molecule has 0 spiro atoms. The third kappa shape index (κ3) is 3.75. The van der Waals surface area contributed by atoms with Crippen LogP contribution in [0.5, 0.6) is 0 Å². The molecule has 0 atom stereocenters. The van der Waals surface area contributed by atoms with Crippen LogP contribution in [0.2, 0.25) is 0 Å². The molecule has 0 N–H and O–H groups in total. The Morgan fingerprint density at radius 1 is 0.812 bits per heavy atom. The molecular formula is C23H17NO4S4. The molecule has 0 saturated carbocycles. The van der Waals surface area contributed by atoms with Crippen LogP contribution in [0, 0.1) is 0 Å². The Kier molecular flexibility index (Phi) is 5.81. The van der Waals surface area contributed by atoms with Gasteiger partial charge in [0, 0.05) is 29.2 Å². The molecule has 0 radical (unpaired) electrons. The first-order valence-corrected chi connectivity index (χ1v) is 13.3. The van der Waals surface area contributed by atoms with Crippen LogP contribution in [0.3, 0.4) is 0 Å². The van der Waals surface area contributed by atoms with E-state index >= 15 is 0 Å². The molecule has 5 nitrogen and oxygen atoms in total. The fourth-order valence-electron chi connectivity index (χ4n) is 3.39. The van der Waals surface area contributed by atoms with Gasteiger partial charge in [0.1, 0.15) is 0 Å². The van der Waals surface area contributed by atoms with E-state index < -0.39 is 11.9 Å². The Labute approximate surface area is 199 Å². The lowest BCUT2D eigenvalue weighted by molar-refractivity contribution is 0.0507. The molecule has 0 aliphatic heterocycles. The summed E-state index contributed by atoms with van der Waals surface area (Å²) in [6.45, 7) is 4.03. The molecule has 0 aliphatic carbocycles. The fourth-order valence-corrected chi connectivity index (χ4v) is 7.63. The lowest BCUT2D eigenvalue weighted by Gasteiger charge is -2.13. The molecule has 0 amide bonds. The number of carbonyl (C=O) groups is 2. The minimum Gasteiger partial charge on any atom is -0.462 e. The van der Waals surface area contributed by atoms with E-state index in [1.807, 2.05) is 35.0 Å². The normalized spacial score (nSPS) is 11.3. The summed E-state index contributed by atoms with van der Waals surface area (Å²) in [6, 6.07) is 9.85. The van der Waals surface area contributed by atoms with Gasteiger partial charge in [0.05, 0.1) is 29.3 Å². The molecule has 0 unspecified atom stereocenters. The summed E-state index contributed by atoms with van der Waals surface area (Å²) in [7, 11) is 0. The number of hydrogen-bond acceptors (Lipinski definition) is 9. The van der Waals surface area contributed by atoms with Gasteiger partial charge in [-0.25, -0.2) is 14.6 Å². The highest BCUT2D eigenvalue weighted by atomic mass is 32.1. The maximum Gasteiger partial charge on any atom is 0.357 e. The van der Waals surface area contributed by atoms with Crippen LogP contribution in [0.25, 0.3) is 39.8 Å². The van der Waals surface area contributed by atoms with Gasteiger partial charge in [0.25, 0.3) is 0 Å². The number of ether oxygens (including phenoxy) is 2. The van der Waals surface area contributed by atoms with E-state index in [9.17, 15) is 9.59 Å². The maximum absolute atomic E-state index is 12.9. The Hall–Kier alpha value is -2.59. The van der Waals surface area contributed by atoms with E-state index in [1.54, 1.807) is 53.9 Å². The highest BCUT2D eigenvalue weighted by Gasteiger charge is 2.26. The van der Waals surface area contributed by atoms with E-state index in [1.165, 1.54) is 11.3 Å². The second kappa shape index (κ2) is 8.74. The molecule has 5 aromatic heterocycles. The number of hydrogen-bond donors (Lipinski definition) is 0. The van der Waals surface area contributed by atoms with Crippen LogP contribution < -0.4 is 0 Å². The van der Waals surface area contributed by atoms with Crippen molar-refractivity contribution in [1.82, 2.24) is 4.98 Å². The molecule has 0 aliphatic rings. The number of rotatable bonds is 6. The molecule has 0 aromatic carbocycles. The molecule has 5 heterocycles. The second-order valence-electron chi connectivity index (χ2n) is 6.74. The smallest absolute Gasteiger partial charge is 0.357 e. The number of thiophene rings is 4. The van der Waals surface area contributed by atoms with Crippen molar-refractivity contribution in [2.24, 2.45) is 0 Å². The monoisotopic (exact) mass is 499 g/mol. The van der Waals surface area contributed by atoms with Gasteiger partial charge >= 0.3 is 11.9 Å². The molecular weight excluding hydrogens is 483 g/mol. The quantitative estimate of drug-likeness (QED) is 0.229. The van der Waals surface area contributed by atoms with E-state index in [0.29, 0.717) is 16.8 Å². The maximum atomic E-state index is 12.9. The number of fused-ring (bicyclic) bond motifs is 2. The SMILES string of the molecule is CCOC(=O)c1cc(-c2cc3sccc3s2)c(C(=O)OCC)nc1-c1cc2sccc2s1. The van der Waals surface area contributed by atoms with Gasteiger partial charge in [0.15, 0.2) is 5.69 Å². The van der Waals surface area contributed by atoms with Crippen molar-refractivity contribution in [2.75, 3.05) is 13.2 Å². The van der Waals surface area contributed by atoms with E-state index in [4.69, 9.17) is 14.5 Å². The minimum atomic E-state index is -0.505. The number of carbonyl (C=O) groups excluding carboxylic acids is 2. The zero-order valence-electron chi connectivity index (χ0n) is 17.2. The summed E-state index contributed by atoms with van der Waals surface area (Å²) in [4.78, 5) is 32.3. The van der Waals surface area contributed by atoms with Crippen LogP contribution in [0.15, 0.2) is 41.1 Å². The Balaban J connectivity index is 1.76. The molecule has 0 saturated heterocycles. The Bertz CT molecular complexity index is 1290. The number of pyridine rings is 1. The number of aromatic nitrogens is 1. The highest BCUT2D eigenvalue weighted by molar-refractivity contribution is 7.29. The van der Waals surface area contributed by atoms with Crippen molar-refractivity contribution in [3.8, 4) is 21.0 Å². The van der Waals surface area contributed by atoms with Gasteiger partial charge in [-0.2, -0.15) is 0 Å². The fraction of sp³-hybridized carbons (Fsp3) is 0.174. The van der Waals surface area contributed by atoms with Gasteiger partial charge < -0.3 is 9.47 Å². The molecule has 0 bridgehead atoms. The summed E-state index contributed by atoms with van der Waals surface area (Å²) in [5.74, 6) is -0.962. The Morgan fingerprint density at radius 2 is 1.41 bits per heavy atom. The third-order valence-electron chi connectivity index (χ3n) is 4.76. The van der Waals surface area contributed by atoms with Gasteiger partial charge in [0.2, 0.25) is 0 Å². The molecule has 162 valence electrons. The largest absolute Gasteiger partial charge is 0.462 e. The van der Waals surface area contributed by atoms with Crippen LogP contribution in [0.4, 0.5) is 0 Å². The van der Waals surface area contributed by atoms with Crippen LogP contribution >= 0.6 is 45.3 Å². The zero-order chi connectivity index (χ0) is 22.2. The zero-order valence-corrected chi connectivity index (χ0v) is 20.4. The topological polar surface area (TPSA) is 65.5 Å². The van der Waals surface area contributed by atoms with Crippen molar-refractivity contribution in [2.45, 2.75) is 13.8 Å². The summed E-state index contributed by atoms with van der Waals surface area (Å²) in [6.07, 6.45) is 0. The predicted molar refractivity (Wildman–Crippen MR) is 134 cm³/mol. The lowest BCUT2D eigenvalue weighted by atomic mass is 10.0. The van der Waals surface area contributed by atoms with Gasteiger partial charge in [-0.3, -0.25) is 0 Å². The van der Waals surface area contributed by atoms with Crippen molar-refractivity contribution < 1.29 is 19.1 Å². The molecule has 0 fully saturated rings. The second-order valence-corrected chi connectivity index (χ2v) is 10.8. The molecule has 5 rings (SSSR count). The summed E-state index contributed by atoms with van der Waals surface area (Å²) in [5, 5.41) is 4.06. The average molecular weight is 500 g/mol. The van der Waals surface area contributed by atoms with E-state index in [0.717, 1.165) is 28.6 Å². The van der Waals surface area contributed by atoms with Crippen LogP contribution in [0.1, 0.15) is 34.7 Å². The minimum absolute atomic E-state index is 0.209. The van der Waals surface area contributed by atoms with Crippen molar-refractivity contribution in [3.63, 3.8) is 0 Å². The van der Waals surface area contributed by atoms with E-state index in [2.05, 4.69) is 0 Å². The van der Waals surface area contributed by atoms with Gasteiger partial charge in [-0.1, -0.05) is 0 Å². The van der Waals surface area contributed by atoms with Gasteiger partial charge in [-0.15, -0.1) is 45.3 Å². The summed E-state index contributed by atoms with van der Waals surface area (Å²) < 4.78 is 15.1. The average Bonchev–Trinajstić information content (AvgIpc) is 3.53. The van der Waals surface area contributed by atoms with Crippen molar-refractivity contribution >= 4 is 76.1 Å². The van der Waals surface area contributed by atoms with Crippen LogP contribution in [-0.2, 0) is 9.47 Å². The van der Waals surface area contributed by atoms with Gasteiger partial charge in [-0.05, 0) is 54.9 Å². The van der Waals surface area contributed by atoms with Crippen LogP contribution in [-0.4, -0.2) is 30.1 Å². The predicted octanol–water partition coefficient (Wildman–Crippen LogP) is 7.32. The first kappa shape index (κ1) is 21.3. The Morgan fingerprint density at radius 3 is 2.03 bits per heavy atom. The molecule has 5 aromatic rings. The third-order valence-corrected chi connectivity index (χ3v) is 8.99. The standard InChI is InChI=1S/C23H17NO4S4/c1-3-27-22(25)13-9-12(16-10-17-14(31-16)5-7-29-17)21(23(26)28-4-2)24-20(13)19-11-18-15(32-19)6-8-30-18/h5-11H,3-4H2,1-2H3. The van der Waals surface area contributed by atoms with E-state index in [-0.39, 0.29) is 18.9 Å². The molecule has 9 heteroatoms. The lowest BCUT2D eigenvalue weighted by Crippen LogP contribution is -2.14. The summed E-state index contributed by atoms with van der Waals surface area (Å²) >= 11 is 6.36. The van der Waals surface area contributed by atoms with Crippen molar-refractivity contribution in [1.29, 1.82) is 0 Å². The first-order chi connectivity index (χ1) is 15.6. The highest BCUT2D eigenvalue weighted by Crippen LogP contribution is 2.41. The molecule has 32 heavy (non-hydrogen) atoms. The first-order valence-electron chi connectivity index (χ1n) is 9.93. The van der Waals surface area contributed by atoms with Crippen molar-refractivity contribution in [3.05, 3.63) is 52.3 Å².